The summed E-state index contributed by atoms with van der Waals surface area (Å²) in [5.74, 6) is 0.675. The van der Waals surface area contributed by atoms with Crippen LogP contribution >= 0.6 is 0 Å². The van der Waals surface area contributed by atoms with Crippen LogP contribution in [0.4, 0.5) is 5.95 Å². The van der Waals surface area contributed by atoms with E-state index in [0.29, 0.717) is 6.54 Å². The predicted molar refractivity (Wildman–Crippen MR) is 87.2 cm³/mol. The number of anilines is 1. The Morgan fingerprint density at radius 2 is 1.79 bits per heavy atom. The van der Waals surface area contributed by atoms with Crippen molar-refractivity contribution in [3.05, 3.63) is 60.2 Å². The van der Waals surface area contributed by atoms with Gasteiger partial charge in [-0.3, -0.25) is 0 Å². The van der Waals surface area contributed by atoms with Crippen LogP contribution in [0.1, 0.15) is 5.56 Å². The van der Waals surface area contributed by atoms with Gasteiger partial charge in [-0.25, -0.2) is 13.1 Å². The Kier molecular flexibility index (Phi) is 4.43. The Labute approximate surface area is 139 Å². The number of tetrazole rings is 1. The van der Waals surface area contributed by atoms with E-state index in [-0.39, 0.29) is 10.8 Å². The summed E-state index contributed by atoms with van der Waals surface area (Å²) < 4.78 is 31.8. The van der Waals surface area contributed by atoms with Crippen LogP contribution in [0.2, 0.25) is 0 Å². The molecule has 0 unspecified atom stereocenters. The average molecular weight is 345 g/mol. The number of benzene rings is 2. The van der Waals surface area contributed by atoms with Gasteiger partial charge in [0.05, 0.1) is 18.6 Å². The Morgan fingerprint density at radius 3 is 2.46 bits per heavy atom. The monoisotopic (exact) mass is 345 g/mol. The molecule has 0 aliphatic rings. The van der Waals surface area contributed by atoms with Crippen molar-refractivity contribution in [2.24, 2.45) is 0 Å². The lowest BCUT2D eigenvalue weighted by Gasteiger charge is -2.03. The highest BCUT2D eigenvalue weighted by Gasteiger charge is 2.16. The third kappa shape index (κ3) is 3.69. The lowest BCUT2D eigenvalue weighted by molar-refractivity contribution is 0.414. The SMILES string of the molecule is COc1ccc(Cn2nnc(NS(=O)(=O)c3ccccc3)n2)cc1. The largest absolute Gasteiger partial charge is 0.497 e. The lowest BCUT2D eigenvalue weighted by Crippen LogP contribution is -2.14. The van der Waals surface area contributed by atoms with Gasteiger partial charge >= 0.3 is 0 Å². The molecule has 124 valence electrons. The molecular weight excluding hydrogens is 330 g/mol. The summed E-state index contributed by atoms with van der Waals surface area (Å²) in [6.45, 7) is 0.365. The van der Waals surface area contributed by atoms with Crippen molar-refractivity contribution in [2.75, 3.05) is 11.8 Å². The first-order chi connectivity index (χ1) is 11.6. The van der Waals surface area contributed by atoms with Crippen LogP contribution in [0.5, 0.6) is 5.75 Å². The van der Waals surface area contributed by atoms with Crippen molar-refractivity contribution in [2.45, 2.75) is 11.4 Å². The highest BCUT2D eigenvalue weighted by Crippen LogP contribution is 2.13. The van der Waals surface area contributed by atoms with E-state index in [1.807, 2.05) is 24.3 Å². The van der Waals surface area contributed by atoms with E-state index < -0.39 is 10.0 Å². The summed E-state index contributed by atoms with van der Waals surface area (Å²) in [6, 6.07) is 15.4. The van der Waals surface area contributed by atoms with Gasteiger partial charge in [0.15, 0.2) is 0 Å². The molecule has 0 spiro atoms. The predicted octanol–water partition coefficient (Wildman–Crippen LogP) is 1.53. The highest BCUT2D eigenvalue weighted by atomic mass is 32.2. The maximum atomic E-state index is 12.2. The van der Waals surface area contributed by atoms with Crippen molar-refractivity contribution >= 4 is 16.0 Å². The first kappa shape index (κ1) is 15.9. The Morgan fingerprint density at radius 1 is 1.08 bits per heavy atom. The van der Waals surface area contributed by atoms with E-state index in [2.05, 4.69) is 20.1 Å². The molecule has 3 rings (SSSR count). The number of nitrogens with one attached hydrogen (secondary N) is 1. The van der Waals surface area contributed by atoms with Crippen LogP contribution in [-0.4, -0.2) is 35.7 Å². The zero-order valence-electron chi connectivity index (χ0n) is 12.8. The summed E-state index contributed by atoms with van der Waals surface area (Å²) in [7, 11) is -2.13. The average Bonchev–Trinajstić information content (AvgIpc) is 3.02. The van der Waals surface area contributed by atoms with E-state index in [9.17, 15) is 8.42 Å². The molecule has 1 heterocycles. The minimum atomic E-state index is -3.73. The summed E-state index contributed by atoms with van der Waals surface area (Å²) in [5.41, 5.74) is 0.936. The standard InChI is InChI=1S/C15H15N5O3S/c1-23-13-9-7-12(8-10-13)11-20-17-15(16-19-20)18-24(21,22)14-5-3-2-4-6-14/h2-10H,11H2,1H3,(H,17,18). The zero-order valence-corrected chi connectivity index (χ0v) is 13.6. The fourth-order valence-corrected chi connectivity index (χ4v) is 2.98. The third-order valence-corrected chi connectivity index (χ3v) is 4.56. The van der Waals surface area contributed by atoms with Gasteiger partial charge in [-0.2, -0.15) is 4.80 Å². The molecule has 0 radical (unpaired) electrons. The molecule has 0 bridgehead atoms. The number of methoxy groups -OCH3 is 1. The molecule has 1 aromatic heterocycles. The van der Waals surface area contributed by atoms with Gasteiger partial charge in [0, 0.05) is 0 Å². The summed E-state index contributed by atoms with van der Waals surface area (Å²) in [4.78, 5) is 1.45. The maximum absolute atomic E-state index is 12.2. The van der Waals surface area contributed by atoms with Gasteiger partial charge in [-0.1, -0.05) is 35.4 Å². The van der Waals surface area contributed by atoms with E-state index in [1.165, 1.54) is 16.9 Å². The molecule has 2 aromatic carbocycles. The second-order valence-electron chi connectivity index (χ2n) is 4.91. The van der Waals surface area contributed by atoms with Crippen molar-refractivity contribution in [3.63, 3.8) is 0 Å². The Bertz CT molecular complexity index is 908. The number of sulfonamides is 1. The second kappa shape index (κ2) is 6.67. The molecule has 0 fully saturated rings. The third-order valence-electron chi connectivity index (χ3n) is 3.22. The molecule has 0 aliphatic heterocycles. The molecule has 9 heteroatoms. The van der Waals surface area contributed by atoms with E-state index in [4.69, 9.17) is 4.74 Å². The van der Waals surface area contributed by atoms with Crippen LogP contribution in [0, 0.1) is 0 Å². The van der Waals surface area contributed by atoms with Crippen LogP contribution in [0.25, 0.3) is 0 Å². The minimum Gasteiger partial charge on any atom is -0.497 e. The molecule has 0 amide bonds. The second-order valence-corrected chi connectivity index (χ2v) is 6.59. The van der Waals surface area contributed by atoms with Crippen molar-refractivity contribution in [1.82, 2.24) is 20.2 Å². The zero-order chi connectivity index (χ0) is 17.0. The van der Waals surface area contributed by atoms with E-state index in [0.717, 1.165) is 11.3 Å². The number of rotatable bonds is 6. The number of hydrogen-bond acceptors (Lipinski definition) is 6. The smallest absolute Gasteiger partial charge is 0.277 e. The molecular formula is C15H15N5O3S. The summed E-state index contributed by atoms with van der Waals surface area (Å²) in [6.07, 6.45) is 0. The van der Waals surface area contributed by atoms with E-state index >= 15 is 0 Å². The fraction of sp³-hybridized carbons (Fsp3) is 0.133. The molecule has 0 saturated carbocycles. The maximum Gasteiger partial charge on any atom is 0.277 e. The molecule has 1 N–H and O–H groups in total. The molecule has 24 heavy (non-hydrogen) atoms. The molecule has 0 aliphatic carbocycles. The van der Waals surface area contributed by atoms with Crippen LogP contribution in [0.15, 0.2) is 59.5 Å². The van der Waals surface area contributed by atoms with Gasteiger partial charge in [0.25, 0.3) is 16.0 Å². The molecule has 8 nitrogen and oxygen atoms in total. The Balaban J connectivity index is 1.71. The first-order valence-corrected chi connectivity index (χ1v) is 8.54. The number of nitrogens with zero attached hydrogens (tertiary/aromatic N) is 4. The number of ether oxygens (including phenoxy) is 1. The van der Waals surface area contributed by atoms with Gasteiger partial charge in [0.1, 0.15) is 5.75 Å². The highest BCUT2D eigenvalue weighted by molar-refractivity contribution is 7.92. The quantitative estimate of drug-likeness (QED) is 0.727. The van der Waals surface area contributed by atoms with Crippen LogP contribution < -0.4 is 9.46 Å². The lowest BCUT2D eigenvalue weighted by atomic mass is 10.2. The molecule has 0 saturated heterocycles. The van der Waals surface area contributed by atoms with Gasteiger partial charge in [0.2, 0.25) is 0 Å². The number of aromatic nitrogens is 4. The van der Waals surface area contributed by atoms with Gasteiger partial charge in [-0.05, 0) is 35.0 Å². The van der Waals surface area contributed by atoms with Crippen LogP contribution in [-0.2, 0) is 16.6 Å². The summed E-state index contributed by atoms with van der Waals surface area (Å²) >= 11 is 0. The van der Waals surface area contributed by atoms with Gasteiger partial charge < -0.3 is 4.74 Å². The van der Waals surface area contributed by atoms with Crippen molar-refractivity contribution < 1.29 is 13.2 Å². The number of hydrogen-bond donors (Lipinski definition) is 1. The van der Waals surface area contributed by atoms with E-state index in [1.54, 1.807) is 25.3 Å². The van der Waals surface area contributed by atoms with Crippen LogP contribution in [0.3, 0.4) is 0 Å². The van der Waals surface area contributed by atoms with Crippen molar-refractivity contribution in [1.29, 1.82) is 0 Å². The minimum absolute atomic E-state index is 0.0765. The first-order valence-electron chi connectivity index (χ1n) is 7.05. The fourth-order valence-electron chi connectivity index (χ4n) is 2.02. The molecule has 0 atom stereocenters. The van der Waals surface area contributed by atoms with Crippen molar-refractivity contribution in [3.8, 4) is 5.75 Å². The normalized spacial score (nSPS) is 11.2. The molecule has 3 aromatic rings. The summed E-state index contributed by atoms with van der Waals surface area (Å²) in [5, 5.41) is 11.6. The topological polar surface area (TPSA) is 99.0 Å². The Hall–Kier alpha value is -2.94. The van der Waals surface area contributed by atoms with Gasteiger partial charge in [-0.15, -0.1) is 5.10 Å².